The van der Waals surface area contributed by atoms with Gasteiger partial charge in [0.25, 0.3) is 0 Å². The van der Waals surface area contributed by atoms with Crippen LogP contribution in [0.1, 0.15) is 30.9 Å². The van der Waals surface area contributed by atoms with Crippen LogP contribution >= 0.6 is 11.3 Å². The second-order valence-corrected chi connectivity index (χ2v) is 9.40. The standard InChI is InChI=1S/C25H32N2O2S/c1-19(2)22-7-3-5-9-24(22)29-17-21(28)16-27-13-11-26(12-14-27)15-20-18-30-25-10-6-4-8-23(20)25/h3-10,18-19,21,28H,11-17H2,1-2H3. The number of rotatable bonds is 8. The molecule has 1 aliphatic rings. The van der Waals surface area contributed by atoms with Crippen molar-refractivity contribution in [2.24, 2.45) is 0 Å². The van der Waals surface area contributed by atoms with Gasteiger partial charge in [-0.3, -0.25) is 9.80 Å². The number of benzene rings is 2. The van der Waals surface area contributed by atoms with Crippen LogP contribution in [0.2, 0.25) is 0 Å². The first-order chi connectivity index (χ1) is 14.6. The average molecular weight is 425 g/mol. The van der Waals surface area contributed by atoms with E-state index in [1.807, 2.05) is 29.5 Å². The first kappa shape index (κ1) is 21.3. The number of aliphatic hydroxyl groups excluding tert-OH is 1. The van der Waals surface area contributed by atoms with Crippen LogP contribution in [-0.2, 0) is 6.54 Å². The van der Waals surface area contributed by atoms with Gasteiger partial charge in [-0.25, -0.2) is 0 Å². The Morgan fingerprint density at radius 3 is 2.47 bits per heavy atom. The summed E-state index contributed by atoms with van der Waals surface area (Å²) in [5, 5.41) is 14.2. The molecule has 1 saturated heterocycles. The van der Waals surface area contributed by atoms with Crippen molar-refractivity contribution in [2.45, 2.75) is 32.4 Å². The van der Waals surface area contributed by atoms with Crippen molar-refractivity contribution in [3.05, 3.63) is 65.0 Å². The highest BCUT2D eigenvalue weighted by Crippen LogP contribution is 2.27. The molecule has 2 heterocycles. The number of nitrogens with zero attached hydrogens (tertiary/aromatic N) is 2. The van der Waals surface area contributed by atoms with E-state index >= 15 is 0 Å². The van der Waals surface area contributed by atoms with E-state index in [1.165, 1.54) is 21.2 Å². The summed E-state index contributed by atoms with van der Waals surface area (Å²) >= 11 is 1.83. The highest BCUT2D eigenvalue weighted by Gasteiger charge is 2.20. The van der Waals surface area contributed by atoms with Crippen molar-refractivity contribution in [3.8, 4) is 5.75 Å². The molecule has 0 aliphatic carbocycles. The molecule has 3 aromatic rings. The van der Waals surface area contributed by atoms with Crippen LogP contribution < -0.4 is 4.74 Å². The van der Waals surface area contributed by atoms with Gasteiger partial charge in [-0.2, -0.15) is 0 Å². The maximum absolute atomic E-state index is 10.5. The molecule has 1 atom stereocenters. The Labute approximate surface area is 183 Å². The Kier molecular flexibility index (Phi) is 7.05. The lowest BCUT2D eigenvalue weighted by molar-refractivity contribution is 0.0444. The molecule has 0 amide bonds. The van der Waals surface area contributed by atoms with E-state index in [-0.39, 0.29) is 0 Å². The van der Waals surface area contributed by atoms with Crippen LogP contribution in [-0.4, -0.2) is 60.3 Å². The first-order valence-electron chi connectivity index (χ1n) is 10.9. The number of thiophene rings is 1. The molecule has 4 nitrogen and oxygen atoms in total. The molecule has 30 heavy (non-hydrogen) atoms. The largest absolute Gasteiger partial charge is 0.491 e. The summed E-state index contributed by atoms with van der Waals surface area (Å²) in [6.07, 6.45) is -0.474. The van der Waals surface area contributed by atoms with Gasteiger partial charge in [0, 0.05) is 44.0 Å². The second kappa shape index (κ2) is 9.92. The molecule has 1 aromatic heterocycles. The van der Waals surface area contributed by atoms with Gasteiger partial charge in [0.2, 0.25) is 0 Å². The van der Waals surface area contributed by atoms with E-state index in [9.17, 15) is 5.11 Å². The third-order valence-corrected chi connectivity index (χ3v) is 6.87. The summed E-state index contributed by atoms with van der Waals surface area (Å²) in [5.74, 6) is 1.30. The molecule has 2 aromatic carbocycles. The number of piperazine rings is 1. The van der Waals surface area contributed by atoms with Gasteiger partial charge in [0.15, 0.2) is 0 Å². The molecule has 1 N–H and O–H groups in total. The van der Waals surface area contributed by atoms with E-state index in [4.69, 9.17) is 4.74 Å². The lowest BCUT2D eigenvalue weighted by Crippen LogP contribution is -2.48. The summed E-state index contributed by atoms with van der Waals surface area (Å²) < 4.78 is 7.32. The zero-order valence-corrected chi connectivity index (χ0v) is 18.8. The zero-order chi connectivity index (χ0) is 20.9. The van der Waals surface area contributed by atoms with Gasteiger partial charge >= 0.3 is 0 Å². The molecule has 0 radical (unpaired) electrons. The molecular formula is C25H32N2O2S. The molecule has 1 aliphatic heterocycles. The monoisotopic (exact) mass is 424 g/mol. The van der Waals surface area contributed by atoms with Gasteiger partial charge in [-0.1, -0.05) is 50.2 Å². The second-order valence-electron chi connectivity index (χ2n) is 8.49. The normalized spacial score (nSPS) is 16.9. The average Bonchev–Trinajstić information content (AvgIpc) is 3.17. The fraction of sp³-hybridized carbons (Fsp3) is 0.440. The fourth-order valence-corrected chi connectivity index (χ4v) is 5.11. The molecule has 1 unspecified atom stereocenters. The van der Waals surface area contributed by atoms with E-state index in [0.29, 0.717) is 19.1 Å². The summed E-state index contributed by atoms with van der Waals surface area (Å²) in [4.78, 5) is 4.87. The van der Waals surface area contributed by atoms with Crippen molar-refractivity contribution in [1.82, 2.24) is 9.80 Å². The maximum atomic E-state index is 10.5. The minimum atomic E-state index is -0.474. The molecule has 0 bridgehead atoms. The van der Waals surface area contributed by atoms with E-state index in [1.54, 1.807) is 0 Å². The van der Waals surface area contributed by atoms with Crippen LogP contribution in [0, 0.1) is 0 Å². The van der Waals surface area contributed by atoms with Crippen LogP contribution in [0.3, 0.4) is 0 Å². The quantitative estimate of drug-likeness (QED) is 0.574. The first-order valence-corrected chi connectivity index (χ1v) is 11.8. The van der Waals surface area contributed by atoms with Crippen molar-refractivity contribution >= 4 is 21.4 Å². The van der Waals surface area contributed by atoms with Crippen LogP contribution in [0.25, 0.3) is 10.1 Å². The Hall–Kier alpha value is -1.92. The maximum Gasteiger partial charge on any atom is 0.122 e. The molecular weight excluding hydrogens is 392 g/mol. The van der Waals surface area contributed by atoms with E-state index in [0.717, 1.165) is 38.5 Å². The smallest absolute Gasteiger partial charge is 0.122 e. The van der Waals surface area contributed by atoms with Gasteiger partial charge < -0.3 is 9.84 Å². The predicted octanol–water partition coefficient (Wildman–Crippen LogP) is 4.58. The number of ether oxygens (including phenoxy) is 1. The number of hydrogen-bond donors (Lipinski definition) is 1. The lowest BCUT2D eigenvalue weighted by Gasteiger charge is -2.35. The molecule has 0 saturated carbocycles. The Balaban J connectivity index is 1.23. The summed E-state index contributed by atoms with van der Waals surface area (Å²) in [6.45, 7) is 10.4. The van der Waals surface area contributed by atoms with E-state index < -0.39 is 6.10 Å². The van der Waals surface area contributed by atoms with E-state index in [2.05, 4.69) is 59.4 Å². The fourth-order valence-electron chi connectivity index (χ4n) is 4.15. The number of hydrogen-bond acceptors (Lipinski definition) is 5. The summed E-state index contributed by atoms with van der Waals surface area (Å²) in [5.41, 5.74) is 2.63. The minimum Gasteiger partial charge on any atom is -0.491 e. The van der Waals surface area contributed by atoms with Crippen molar-refractivity contribution < 1.29 is 9.84 Å². The molecule has 1 fully saturated rings. The summed E-state index contributed by atoms with van der Waals surface area (Å²) in [6, 6.07) is 16.8. The van der Waals surface area contributed by atoms with Gasteiger partial charge in [-0.15, -0.1) is 11.3 Å². The number of para-hydroxylation sites is 1. The van der Waals surface area contributed by atoms with Gasteiger partial charge in [0.05, 0.1) is 0 Å². The number of aliphatic hydroxyl groups is 1. The van der Waals surface area contributed by atoms with Crippen molar-refractivity contribution in [3.63, 3.8) is 0 Å². The van der Waals surface area contributed by atoms with Crippen LogP contribution in [0.5, 0.6) is 5.75 Å². The molecule has 160 valence electrons. The third-order valence-electron chi connectivity index (χ3n) is 5.86. The minimum absolute atomic E-state index is 0.338. The molecule has 4 rings (SSSR count). The highest BCUT2D eigenvalue weighted by atomic mass is 32.1. The third kappa shape index (κ3) is 5.22. The number of fused-ring (bicyclic) bond motifs is 1. The van der Waals surface area contributed by atoms with Crippen LogP contribution in [0.15, 0.2) is 53.9 Å². The Bertz CT molecular complexity index is 947. The van der Waals surface area contributed by atoms with Crippen LogP contribution in [0.4, 0.5) is 0 Å². The Morgan fingerprint density at radius 2 is 1.67 bits per heavy atom. The zero-order valence-electron chi connectivity index (χ0n) is 18.0. The number of β-amino-alcohol motifs (C(OH)–C–C–N with tert-alkyl or cyclic N) is 1. The lowest BCUT2D eigenvalue weighted by atomic mass is 10.0. The van der Waals surface area contributed by atoms with Crippen molar-refractivity contribution in [2.75, 3.05) is 39.3 Å². The summed E-state index contributed by atoms with van der Waals surface area (Å²) in [7, 11) is 0. The van der Waals surface area contributed by atoms with Gasteiger partial charge in [0.1, 0.15) is 18.5 Å². The Morgan fingerprint density at radius 1 is 0.967 bits per heavy atom. The van der Waals surface area contributed by atoms with Crippen molar-refractivity contribution in [1.29, 1.82) is 0 Å². The SMILES string of the molecule is CC(C)c1ccccc1OCC(O)CN1CCN(Cc2csc3ccccc23)CC1. The topological polar surface area (TPSA) is 35.9 Å². The molecule has 0 spiro atoms. The predicted molar refractivity (Wildman–Crippen MR) is 126 cm³/mol. The highest BCUT2D eigenvalue weighted by molar-refractivity contribution is 7.17. The molecule has 5 heteroatoms. The van der Waals surface area contributed by atoms with Gasteiger partial charge in [-0.05, 0) is 39.9 Å².